The number of aromatic nitrogens is 2. The Bertz CT molecular complexity index is 401. The normalized spacial score (nSPS) is 10.3. The lowest BCUT2D eigenvalue weighted by molar-refractivity contribution is 0.0691. The molecule has 0 spiro atoms. The molecule has 0 aromatic carbocycles. The third-order valence-electron chi connectivity index (χ3n) is 2.39. The SMILES string of the molecule is CCCNc1cncc(C(=O)NCCOCCOC)n1. The summed E-state index contributed by atoms with van der Waals surface area (Å²) in [6.45, 7) is 4.79. The van der Waals surface area contributed by atoms with Crippen LogP contribution in [0.1, 0.15) is 23.8 Å². The molecule has 0 bridgehead atoms. The van der Waals surface area contributed by atoms with Crippen molar-refractivity contribution in [1.82, 2.24) is 15.3 Å². The molecule has 7 heteroatoms. The van der Waals surface area contributed by atoms with Crippen molar-refractivity contribution in [2.45, 2.75) is 13.3 Å². The Morgan fingerprint density at radius 3 is 2.85 bits per heavy atom. The Kier molecular flexibility index (Phi) is 8.25. The van der Waals surface area contributed by atoms with Gasteiger partial charge in [0.2, 0.25) is 0 Å². The van der Waals surface area contributed by atoms with Crippen LogP contribution in [0.5, 0.6) is 0 Å². The Labute approximate surface area is 119 Å². The number of anilines is 1. The largest absolute Gasteiger partial charge is 0.382 e. The number of carbonyl (C=O) groups excluding carboxylic acids is 1. The Balaban J connectivity index is 2.31. The number of nitrogens with zero attached hydrogens (tertiary/aromatic N) is 2. The third kappa shape index (κ3) is 6.44. The van der Waals surface area contributed by atoms with Crippen LogP contribution in [0.15, 0.2) is 12.4 Å². The van der Waals surface area contributed by atoms with Gasteiger partial charge in [-0.3, -0.25) is 9.78 Å². The molecule has 1 aromatic heterocycles. The van der Waals surface area contributed by atoms with E-state index in [1.807, 2.05) is 0 Å². The number of nitrogens with one attached hydrogen (secondary N) is 2. The summed E-state index contributed by atoms with van der Waals surface area (Å²) < 4.78 is 10.1. The average molecular weight is 282 g/mol. The fraction of sp³-hybridized carbons (Fsp3) is 0.615. The van der Waals surface area contributed by atoms with Crippen LogP contribution in [0.25, 0.3) is 0 Å². The first-order valence-corrected chi connectivity index (χ1v) is 6.68. The van der Waals surface area contributed by atoms with Crippen molar-refractivity contribution in [3.63, 3.8) is 0 Å². The Morgan fingerprint density at radius 1 is 1.25 bits per heavy atom. The van der Waals surface area contributed by atoms with Gasteiger partial charge in [0.25, 0.3) is 5.91 Å². The second-order valence-corrected chi connectivity index (χ2v) is 4.08. The lowest BCUT2D eigenvalue weighted by Crippen LogP contribution is -2.28. The molecule has 1 amide bonds. The highest BCUT2D eigenvalue weighted by Gasteiger charge is 2.07. The van der Waals surface area contributed by atoms with Gasteiger partial charge in [0, 0.05) is 20.2 Å². The van der Waals surface area contributed by atoms with E-state index >= 15 is 0 Å². The maximum absolute atomic E-state index is 11.8. The summed E-state index contributed by atoms with van der Waals surface area (Å²) >= 11 is 0. The standard InChI is InChI=1S/C13H22N4O3/c1-3-4-15-12-10-14-9-11(17-12)13(18)16-5-6-20-8-7-19-2/h9-10H,3-8H2,1-2H3,(H,15,17)(H,16,18). The Hall–Kier alpha value is -1.73. The van der Waals surface area contributed by atoms with Crippen LogP contribution in [0.3, 0.4) is 0 Å². The summed E-state index contributed by atoms with van der Waals surface area (Å²) in [5.74, 6) is 0.351. The van der Waals surface area contributed by atoms with Gasteiger partial charge in [-0.25, -0.2) is 4.98 Å². The Morgan fingerprint density at radius 2 is 2.10 bits per heavy atom. The van der Waals surface area contributed by atoms with E-state index in [-0.39, 0.29) is 5.91 Å². The van der Waals surface area contributed by atoms with Crippen molar-refractivity contribution in [1.29, 1.82) is 0 Å². The summed E-state index contributed by atoms with van der Waals surface area (Å²) in [6, 6.07) is 0. The highest BCUT2D eigenvalue weighted by Crippen LogP contribution is 2.02. The molecule has 20 heavy (non-hydrogen) atoms. The van der Waals surface area contributed by atoms with Crippen LogP contribution in [0.4, 0.5) is 5.82 Å². The molecule has 1 aromatic rings. The highest BCUT2D eigenvalue weighted by atomic mass is 16.5. The van der Waals surface area contributed by atoms with Gasteiger partial charge in [0.05, 0.1) is 32.2 Å². The van der Waals surface area contributed by atoms with Crippen LogP contribution < -0.4 is 10.6 Å². The number of methoxy groups -OCH3 is 1. The van der Waals surface area contributed by atoms with E-state index in [1.165, 1.54) is 6.20 Å². The van der Waals surface area contributed by atoms with E-state index in [2.05, 4.69) is 27.5 Å². The first-order valence-electron chi connectivity index (χ1n) is 6.68. The number of hydrogen-bond acceptors (Lipinski definition) is 6. The van der Waals surface area contributed by atoms with E-state index in [0.717, 1.165) is 13.0 Å². The quantitative estimate of drug-likeness (QED) is 0.614. The van der Waals surface area contributed by atoms with Crippen LogP contribution >= 0.6 is 0 Å². The molecule has 1 heterocycles. The molecule has 0 aliphatic heterocycles. The van der Waals surface area contributed by atoms with Crippen LogP contribution in [-0.2, 0) is 9.47 Å². The molecular weight excluding hydrogens is 260 g/mol. The molecule has 0 unspecified atom stereocenters. The second kappa shape index (κ2) is 10.1. The van der Waals surface area contributed by atoms with Gasteiger partial charge < -0.3 is 20.1 Å². The first-order chi connectivity index (χ1) is 9.77. The molecule has 0 fully saturated rings. The van der Waals surface area contributed by atoms with E-state index in [4.69, 9.17) is 9.47 Å². The van der Waals surface area contributed by atoms with Crippen LogP contribution in [-0.4, -0.2) is 55.9 Å². The first kappa shape index (κ1) is 16.3. The molecule has 0 aliphatic carbocycles. The fourth-order valence-electron chi connectivity index (χ4n) is 1.39. The lowest BCUT2D eigenvalue weighted by Gasteiger charge is -2.07. The minimum Gasteiger partial charge on any atom is -0.382 e. The zero-order valence-electron chi connectivity index (χ0n) is 12.0. The maximum Gasteiger partial charge on any atom is 0.271 e. The fourth-order valence-corrected chi connectivity index (χ4v) is 1.39. The molecule has 0 aliphatic rings. The molecule has 2 N–H and O–H groups in total. The minimum absolute atomic E-state index is 0.256. The van der Waals surface area contributed by atoms with E-state index in [1.54, 1.807) is 13.3 Å². The number of ether oxygens (including phenoxy) is 2. The van der Waals surface area contributed by atoms with Crippen molar-refractivity contribution < 1.29 is 14.3 Å². The predicted octanol–water partition coefficient (Wildman–Crippen LogP) is 0.691. The second-order valence-electron chi connectivity index (χ2n) is 4.08. The summed E-state index contributed by atoms with van der Waals surface area (Å²) in [5, 5.41) is 5.81. The molecule has 112 valence electrons. The smallest absolute Gasteiger partial charge is 0.271 e. The highest BCUT2D eigenvalue weighted by molar-refractivity contribution is 5.92. The minimum atomic E-state index is -0.256. The topological polar surface area (TPSA) is 85.4 Å². The van der Waals surface area contributed by atoms with Gasteiger partial charge in [-0.1, -0.05) is 6.92 Å². The summed E-state index contributed by atoms with van der Waals surface area (Å²) in [4.78, 5) is 20.0. The van der Waals surface area contributed by atoms with Gasteiger partial charge >= 0.3 is 0 Å². The maximum atomic E-state index is 11.8. The third-order valence-corrected chi connectivity index (χ3v) is 2.39. The van der Waals surface area contributed by atoms with Gasteiger partial charge in [-0.2, -0.15) is 0 Å². The van der Waals surface area contributed by atoms with E-state index in [0.29, 0.717) is 37.9 Å². The summed E-state index contributed by atoms with van der Waals surface area (Å²) in [7, 11) is 1.61. The molecule has 0 atom stereocenters. The van der Waals surface area contributed by atoms with Crippen molar-refractivity contribution in [2.75, 3.05) is 45.3 Å². The molecule has 0 saturated heterocycles. The van der Waals surface area contributed by atoms with Gasteiger partial charge in [-0.05, 0) is 6.42 Å². The average Bonchev–Trinajstić information content (AvgIpc) is 2.48. The van der Waals surface area contributed by atoms with Crippen LogP contribution in [0, 0.1) is 0 Å². The van der Waals surface area contributed by atoms with Gasteiger partial charge in [-0.15, -0.1) is 0 Å². The van der Waals surface area contributed by atoms with Crippen molar-refractivity contribution in [2.24, 2.45) is 0 Å². The van der Waals surface area contributed by atoms with E-state index in [9.17, 15) is 4.79 Å². The lowest BCUT2D eigenvalue weighted by atomic mass is 10.4. The number of amides is 1. The monoisotopic (exact) mass is 282 g/mol. The number of rotatable bonds is 10. The van der Waals surface area contributed by atoms with Crippen molar-refractivity contribution in [3.05, 3.63) is 18.1 Å². The van der Waals surface area contributed by atoms with Gasteiger partial charge in [0.15, 0.2) is 0 Å². The zero-order valence-corrected chi connectivity index (χ0v) is 12.0. The predicted molar refractivity (Wildman–Crippen MR) is 75.8 cm³/mol. The number of carbonyl (C=O) groups is 1. The molecule has 0 radical (unpaired) electrons. The molecular formula is C13H22N4O3. The molecule has 0 saturated carbocycles. The van der Waals surface area contributed by atoms with E-state index < -0.39 is 0 Å². The van der Waals surface area contributed by atoms with Crippen molar-refractivity contribution >= 4 is 11.7 Å². The zero-order chi connectivity index (χ0) is 14.6. The summed E-state index contributed by atoms with van der Waals surface area (Å²) in [5.41, 5.74) is 0.294. The van der Waals surface area contributed by atoms with Crippen LogP contribution in [0.2, 0.25) is 0 Å². The number of hydrogen-bond donors (Lipinski definition) is 2. The summed E-state index contributed by atoms with van der Waals surface area (Å²) in [6.07, 6.45) is 4.02. The van der Waals surface area contributed by atoms with Gasteiger partial charge in [0.1, 0.15) is 11.5 Å². The molecule has 1 rings (SSSR count). The molecule has 7 nitrogen and oxygen atoms in total. The van der Waals surface area contributed by atoms with Crippen molar-refractivity contribution in [3.8, 4) is 0 Å².